The molecule has 0 saturated carbocycles. The van der Waals surface area contributed by atoms with Gasteiger partial charge in [0.25, 0.3) is 0 Å². The van der Waals surface area contributed by atoms with Gasteiger partial charge in [-0.3, -0.25) is 0 Å². The van der Waals surface area contributed by atoms with Crippen molar-refractivity contribution in [2.75, 3.05) is 4.90 Å². The minimum Gasteiger partial charge on any atom is -0.435 e. The lowest BCUT2D eigenvalue weighted by atomic mass is 10.1. The van der Waals surface area contributed by atoms with E-state index in [1.807, 2.05) is 18.2 Å². The fourth-order valence-corrected chi connectivity index (χ4v) is 6.58. The lowest BCUT2D eigenvalue weighted by Gasteiger charge is -2.26. The van der Waals surface area contributed by atoms with E-state index in [1.165, 1.54) is 16.3 Å². The van der Waals surface area contributed by atoms with Gasteiger partial charge in [0.2, 0.25) is 5.89 Å². The number of fused-ring (bicyclic) bond motifs is 6. The van der Waals surface area contributed by atoms with Crippen LogP contribution in [0.15, 0.2) is 168 Å². The van der Waals surface area contributed by atoms with Gasteiger partial charge < -0.3 is 13.9 Å². The standard InChI is InChI=1S/C41H27N3O/c1-3-13-30(14-4-1)43(32-25-22-29(23-26-32)41-42-35-27-24-28-12-7-8-17-33(28)40(35)45-41)37-20-11-21-38-39(37)34-18-9-10-19-36(34)44(38)31-15-5-2-6-16-31/h1-27H. The Morgan fingerprint density at radius 2 is 1.18 bits per heavy atom. The lowest BCUT2D eigenvalue weighted by Crippen LogP contribution is -2.10. The van der Waals surface area contributed by atoms with E-state index < -0.39 is 0 Å². The van der Waals surface area contributed by atoms with Gasteiger partial charge in [-0.25, -0.2) is 4.98 Å². The van der Waals surface area contributed by atoms with Gasteiger partial charge in [0.05, 0.1) is 16.7 Å². The van der Waals surface area contributed by atoms with Crippen LogP contribution in [0.4, 0.5) is 17.1 Å². The zero-order chi connectivity index (χ0) is 29.7. The van der Waals surface area contributed by atoms with E-state index in [0.717, 1.165) is 55.7 Å². The minimum absolute atomic E-state index is 0.618. The molecule has 0 amide bonds. The van der Waals surface area contributed by atoms with E-state index in [0.29, 0.717) is 5.89 Å². The van der Waals surface area contributed by atoms with Crippen LogP contribution in [0.1, 0.15) is 0 Å². The third-order valence-corrected chi connectivity index (χ3v) is 8.60. The molecule has 2 aromatic heterocycles. The predicted molar refractivity (Wildman–Crippen MR) is 186 cm³/mol. The van der Waals surface area contributed by atoms with Crippen LogP contribution >= 0.6 is 0 Å². The van der Waals surface area contributed by atoms with Gasteiger partial charge in [0.1, 0.15) is 5.52 Å². The first-order chi connectivity index (χ1) is 22.3. The van der Waals surface area contributed by atoms with Crippen molar-refractivity contribution in [1.82, 2.24) is 9.55 Å². The highest BCUT2D eigenvalue weighted by molar-refractivity contribution is 6.16. The van der Waals surface area contributed by atoms with Crippen molar-refractivity contribution in [2.45, 2.75) is 0 Å². The Labute approximate surface area is 260 Å². The normalized spacial score (nSPS) is 11.6. The second-order valence-corrected chi connectivity index (χ2v) is 11.2. The molecule has 0 N–H and O–H groups in total. The van der Waals surface area contributed by atoms with Crippen molar-refractivity contribution in [3.8, 4) is 17.1 Å². The largest absolute Gasteiger partial charge is 0.435 e. The maximum Gasteiger partial charge on any atom is 0.227 e. The number of aromatic nitrogens is 2. The number of rotatable bonds is 5. The molecule has 0 aliphatic carbocycles. The third kappa shape index (κ3) is 4.11. The molecule has 0 aliphatic rings. The van der Waals surface area contributed by atoms with Crippen LogP contribution in [0.5, 0.6) is 0 Å². The predicted octanol–water partition coefficient (Wildman–Crippen LogP) is 11.2. The van der Waals surface area contributed by atoms with Crippen molar-refractivity contribution in [2.24, 2.45) is 0 Å². The molecule has 0 spiro atoms. The molecule has 4 nitrogen and oxygen atoms in total. The molecule has 2 heterocycles. The molecule has 0 aliphatic heterocycles. The summed E-state index contributed by atoms with van der Waals surface area (Å²) in [5, 5.41) is 4.63. The molecular weight excluding hydrogens is 550 g/mol. The zero-order valence-corrected chi connectivity index (χ0v) is 24.3. The first kappa shape index (κ1) is 25.4. The van der Waals surface area contributed by atoms with Crippen LogP contribution in [0, 0.1) is 0 Å². The summed E-state index contributed by atoms with van der Waals surface area (Å²) in [7, 11) is 0. The van der Waals surface area contributed by atoms with Crippen LogP contribution in [-0.2, 0) is 0 Å². The molecule has 0 fully saturated rings. The summed E-state index contributed by atoms with van der Waals surface area (Å²) in [6, 6.07) is 57.3. The highest BCUT2D eigenvalue weighted by atomic mass is 16.3. The van der Waals surface area contributed by atoms with Crippen LogP contribution in [0.2, 0.25) is 0 Å². The number of hydrogen-bond acceptors (Lipinski definition) is 3. The van der Waals surface area contributed by atoms with Gasteiger partial charge in [0, 0.05) is 38.8 Å². The van der Waals surface area contributed by atoms with Gasteiger partial charge >= 0.3 is 0 Å². The highest BCUT2D eigenvalue weighted by Gasteiger charge is 2.21. The van der Waals surface area contributed by atoms with Crippen molar-refractivity contribution >= 4 is 60.7 Å². The van der Waals surface area contributed by atoms with Crippen molar-refractivity contribution < 1.29 is 4.42 Å². The Morgan fingerprint density at radius 3 is 2.00 bits per heavy atom. The molecule has 212 valence electrons. The Morgan fingerprint density at radius 1 is 0.511 bits per heavy atom. The minimum atomic E-state index is 0.618. The molecule has 0 bridgehead atoms. The Kier molecular flexibility index (Phi) is 5.78. The summed E-state index contributed by atoms with van der Waals surface area (Å²) in [5.74, 6) is 0.618. The monoisotopic (exact) mass is 577 g/mol. The van der Waals surface area contributed by atoms with Crippen molar-refractivity contribution in [1.29, 1.82) is 0 Å². The maximum atomic E-state index is 6.36. The summed E-state index contributed by atoms with van der Waals surface area (Å²) in [6.45, 7) is 0. The lowest BCUT2D eigenvalue weighted by molar-refractivity contribution is 0.623. The highest BCUT2D eigenvalue weighted by Crippen LogP contribution is 2.44. The first-order valence-electron chi connectivity index (χ1n) is 15.1. The van der Waals surface area contributed by atoms with Crippen LogP contribution in [-0.4, -0.2) is 9.55 Å². The molecule has 0 saturated heterocycles. The van der Waals surface area contributed by atoms with E-state index in [-0.39, 0.29) is 0 Å². The zero-order valence-electron chi connectivity index (χ0n) is 24.3. The smallest absolute Gasteiger partial charge is 0.227 e. The number of benzene rings is 7. The van der Waals surface area contributed by atoms with Gasteiger partial charge in [-0.15, -0.1) is 0 Å². The number of hydrogen-bond donors (Lipinski definition) is 0. The molecule has 0 atom stereocenters. The van der Waals surface area contributed by atoms with Crippen LogP contribution < -0.4 is 4.90 Å². The Balaban J connectivity index is 1.22. The van der Waals surface area contributed by atoms with Crippen LogP contribution in [0.3, 0.4) is 0 Å². The van der Waals surface area contributed by atoms with Crippen molar-refractivity contribution in [3.63, 3.8) is 0 Å². The summed E-state index contributed by atoms with van der Waals surface area (Å²) < 4.78 is 8.72. The first-order valence-corrected chi connectivity index (χ1v) is 15.1. The molecule has 0 unspecified atom stereocenters. The van der Waals surface area contributed by atoms with E-state index in [2.05, 4.69) is 155 Å². The van der Waals surface area contributed by atoms with E-state index in [4.69, 9.17) is 9.40 Å². The maximum absolute atomic E-state index is 6.36. The molecule has 0 radical (unpaired) electrons. The quantitative estimate of drug-likeness (QED) is 0.204. The molecular formula is C41H27N3O. The second-order valence-electron chi connectivity index (χ2n) is 11.2. The number of nitrogens with zero attached hydrogens (tertiary/aromatic N) is 3. The summed E-state index contributed by atoms with van der Waals surface area (Å²) in [5.41, 5.74) is 9.35. The average molecular weight is 578 g/mol. The number of anilines is 3. The molecule has 9 rings (SSSR count). The summed E-state index contributed by atoms with van der Waals surface area (Å²) in [6.07, 6.45) is 0. The SMILES string of the molecule is c1ccc(N(c2ccc(-c3nc4ccc5ccccc5c4o3)cc2)c2cccc3c2c2ccccc2n3-c2ccccc2)cc1. The second kappa shape index (κ2) is 10.2. The van der Waals surface area contributed by atoms with Gasteiger partial charge in [-0.2, -0.15) is 0 Å². The van der Waals surface area contributed by atoms with Gasteiger partial charge in [-0.05, 0) is 78.2 Å². The average Bonchev–Trinajstić information content (AvgIpc) is 3.70. The summed E-state index contributed by atoms with van der Waals surface area (Å²) in [4.78, 5) is 7.19. The van der Waals surface area contributed by atoms with E-state index >= 15 is 0 Å². The molecule has 4 heteroatoms. The van der Waals surface area contributed by atoms with Crippen LogP contribution in [0.25, 0.3) is 60.8 Å². The summed E-state index contributed by atoms with van der Waals surface area (Å²) >= 11 is 0. The molecule has 7 aromatic carbocycles. The number of para-hydroxylation sites is 3. The van der Waals surface area contributed by atoms with Crippen molar-refractivity contribution in [3.05, 3.63) is 164 Å². The topological polar surface area (TPSA) is 34.2 Å². The molecule has 45 heavy (non-hydrogen) atoms. The van der Waals surface area contributed by atoms with E-state index in [9.17, 15) is 0 Å². The fourth-order valence-electron chi connectivity index (χ4n) is 6.58. The van der Waals surface area contributed by atoms with Gasteiger partial charge in [-0.1, -0.05) is 91.0 Å². The van der Waals surface area contributed by atoms with E-state index in [1.54, 1.807) is 0 Å². The Hall–Kier alpha value is -6.13. The Bertz CT molecular complexity index is 2480. The van der Waals surface area contributed by atoms with Gasteiger partial charge in [0.15, 0.2) is 5.58 Å². The third-order valence-electron chi connectivity index (χ3n) is 8.60. The fraction of sp³-hybridized carbons (Fsp3) is 0. The molecule has 9 aromatic rings. The number of oxazole rings is 1.